The molecule has 0 saturated carbocycles. The van der Waals surface area contributed by atoms with Crippen molar-refractivity contribution in [2.24, 2.45) is 7.05 Å². The van der Waals surface area contributed by atoms with Crippen LogP contribution in [-0.2, 0) is 20.0 Å². The van der Waals surface area contributed by atoms with E-state index in [-0.39, 0.29) is 0 Å². The second kappa shape index (κ2) is 5.44. The number of rotatable bonds is 5. The van der Waals surface area contributed by atoms with Crippen LogP contribution in [-0.4, -0.2) is 16.8 Å². The van der Waals surface area contributed by atoms with E-state index in [0.717, 1.165) is 36.6 Å². The van der Waals surface area contributed by atoms with Gasteiger partial charge in [0.25, 0.3) is 0 Å². The van der Waals surface area contributed by atoms with Crippen LogP contribution in [0.1, 0.15) is 24.6 Å². The van der Waals surface area contributed by atoms with E-state index in [1.807, 2.05) is 11.7 Å². The second-order valence-corrected chi connectivity index (χ2v) is 5.33. The molecule has 2 aromatic heterocycles. The largest absolute Gasteiger partial charge is 0.394 e. The Bertz CT molecular complexity index is 501. The summed E-state index contributed by atoms with van der Waals surface area (Å²) in [5, 5.41) is 8.76. The van der Waals surface area contributed by atoms with E-state index in [9.17, 15) is 0 Å². The number of nitrogens with two attached hydrogens (primary N) is 1. The number of hydrogen-bond donors (Lipinski definition) is 1. The van der Waals surface area contributed by atoms with Gasteiger partial charge in [0, 0.05) is 20.6 Å². The Hall–Kier alpha value is -1.49. The van der Waals surface area contributed by atoms with Crippen molar-refractivity contribution in [1.82, 2.24) is 9.78 Å². The number of aryl methyl sites for hydroxylation is 2. The highest BCUT2D eigenvalue weighted by atomic mass is 32.1. The van der Waals surface area contributed by atoms with Crippen molar-refractivity contribution in [3.05, 3.63) is 28.1 Å². The lowest BCUT2D eigenvalue weighted by Gasteiger charge is -2.19. The standard InChI is InChI=1S/C13H20N4S/c1-4-5-11-12(14)13(17(3)15-11)16(2)8-10-6-7-18-9-10/h6-7,9H,4-5,8,14H2,1-3H3. The highest BCUT2D eigenvalue weighted by molar-refractivity contribution is 7.07. The molecule has 0 radical (unpaired) electrons. The van der Waals surface area contributed by atoms with E-state index >= 15 is 0 Å². The minimum atomic E-state index is 0.817. The molecular formula is C13H20N4S. The van der Waals surface area contributed by atoms with Crippen LogP contribution in [0.3, 0.4) is 0 Å². The molecule has 0 aliphatic heterocycles. The maximum Gasteiger partial charge on any atom is 0.150 e. The summed E-state index contributed by atoms with van der Waals surface area (Å²) in [5.74, 6) is 1.00. The van der Waals surface area contributed by atoms with Crippen molar-refractivity contribution in [2.75, 3.05) is 17.7 Å². The Balaban J connectivity index is 2.21. The molecular weight excluding hydrogens is 244 g/mol. The molecule has 4 nitrogen and oxygen atoms in total. The van der Waals surface area contributed by atoms with E-state index in [1.165, 1.54) is 5.56 Å². The topological polar surface area (TPSA) is 47.1 Å². The fourth-order valence-electron chi connectivity index (χ4n) is 2.19. The van der Waals surface area contributed by atoms with E-state index in [1.54, 1.807) is 11.3 Å². The van der Waals surface area contributed by atoms with Crippen molar-refractivity contribution in [1.29, 1.82) is 0 Å². The van der Waals surface area contributed by atoms with Crippen LogP contribution in [0.2, 0.25) is 0 Å². The smallest absolute Gasteiger partial charge is 0.150 e. The van der Waals surface area contributed by atoms with Gasteiger partial charge in [0.15, 0.2) is 0 Å². The maximum atomic E-state index is 6.20. The van der Waals surface area contributed by atoms with Crippen LogP contribution in [0.15, 0.2) is 16.8 Å². The van der Waals surface area contributed by atoms with Gasteiger partial charge in [-0.1, -0.05) is 13.3 Å². The van der Waals surface area contributed by atoms with Gasteiger partial charge in [-0.3, -0.25) is 4.68 Å². The highest BCUT2D eigenvalue weighted by Crippen LogP contribution is 2.27. The van der Waals surface area contributed by atoms with Gasteiger partial charge in [-0.2, -0.15) is 16.4 Å². The molecule has 2 aromatic rings. The Kier molecular flexibility index (Phi) is 3.91. The molecule has 0 bridgehead atoms. The zero-order chi connectivity index (χ0) is 13.1. The summed E-state index contributed by atoms with van der Waals surface area (Å²) in [4.78, 5) is 2.16. The summed E-state index contributed by atoms with van der Waals surface area (Å²) >= 11 is 1.72. The molecule has 18 heavy (non-hydrogen) atoms. The molecule has 2 heterocycles. The van der Waals surface area contributed by atoms with Crippen LogP contribution < -0.4 is 10.6 Å². The normalized spacial score (nSPS) is 10.8. The first-order valence-corrected chi connectivity index (χ1v) is 7.11. The minimum absolute atomic E-state index is 0.817. The first-order valence-electron chi connectivity index (χ1n) is 6.17. The molecule has 0 aliphatic carbocycles. The summed E-state index contributed by atoms with van der Waals surface area (Å²) in [5.41, 5.74) is 9.33. The third kappa shape index (κ3) is 2.51. The van der Waals surface area contributed by atoms with Crippen LogP contribution in [0.25, 0.3) is 0 Å². The predicted octanol–water partition coefficient (Wildman–Crippen LogP) is 2.65. The molecule has 0 saturated heterocycles. The van der Waals surface area contributed by atoms with Crippen molar-refractivity contribution in [3.63, 3.8) is 0 Å². The fourth-order valence-corrected chi connectivity index (χ4v) is 2.85. The lowest BCUT2D eigenvalue weighted by molar-refractivity contribution is 0.713. The van der Waals surface area contributed by atoms with Gasteiger partial charge in [0.2, 0.25) is 0 Å². The number of thiophene rings is 1. The molecule has 2 rings (SSSR count). The molecule has 98 valence electrons. The van der Waals surface area contributed by atoms with Crippen LogP contribution in [0.5, 0.6) is 0 Å². The number of nitrogen functional groups attached to an aromatic ring is 1. The first kappa shape index (κ1) is 13.0. The number of nitrogens with zero attached hydrogens (tertiary/aromatic N) is 3. The van der Waals surface area contributed by atoms with Crippen molar-refractivity contribution >= 4 is 22.8 Å². The third-order valence-corrected chi connectivity index (χ3v) is 3.71. The van der Waals surface area contributed by atoms with E-state index in [2.05, 4.69) is 40.8 Å². The summed E-state index contributed by atoms with van der Waals surface area (Å²) in [6.45, 7) is 3.00. The summed E-state index contributed by atoms with van der Waals surface area (Å²) in [6, 6.07) is 2.14. The fraction of sp³-hybridized carbons (Fsp3) is 0.462. The van der Waals surface area contributed by atoms with E-state index in [0.29, 0.717) is 0 Å². The number of aromatic nitrogens is 2. The molecule has 0 atom stereocenters. The van der Waals surface area contributed by atoms with Crippen molar-refractivity contribution < 1.29 is 0 Å². The summed E-state index contributed by atoms with van der Waals surface area (Å²) < 4.78 is 1.88. The van der Waals surface area contributed by atoms with Gasteiger partial charge >= 0.3 is 0 Å². The minimum Gasteiger partial charge on any atom is -0.394 e. The Morgan fingerprint density at radius 2 is 2.28 bits per heavy atom. The molecule has 0 unspecified atom stereocenters. The molecule has 5 heteroatoms. The lowest BCUT2D eigenvalue weighted by atomic mass is 10.2. The van der Waals surface area contributed by atoms with Gasteiger partial charge in [0.05, 0.1) is 11.4 Å². The zero-order valence-corrected chi connectivity index (χ0v) is 12.0. The summed E-state index contributed by atoms with van der Waals surface area (Å²) in [6.07, 6.45) is 2.00. The third-order valence-electron chi connectivity index (χ3n) is 2.98. The van der Waals surface area contributed by atoms with Gasteiger partial charge in [0.1, 0.15) is 5.82 Å². The van der Waals surface area contributed by atoms with Crippen LogP contribution in [0, 0.1) is 0 Å². The van der Waals surface area contributed by atoms with E-state index in [4.69, 9.17) is 5.73 Å². The monoisotopic (exact) mass is 264 g/mol. The number of hydrogen-bond acceptors (Lipinski definition) is 4. The SMILES string of the molecule is CCCc1nn(C)c(N(C)Cc2ccsc2)c1N. The van der Waals surface area contributed by atoms with Crippen molar-refractivity contribution in [3.8, 4) is 0 Å². The summed E-state index contributed by atoms with van der Waals surface area (Å²) in [7, 11) is 4.01. The quantitative estimate of drug-likeness (QED) is 0.903. The lowest BCUT2D eigenvalue weighted by Crippen LogP contribution is -2.20. The maximum absolute atomic E-state index is 6.20. The Labute approximate surface area is 112 Å². The Morgan fingerprint density at radius 1 is 1.50 bits per heavy atom. The van der Waals surface area contributed by atoms with Crippen LogP contribution in [0.4, 0.5) is 11.5 Å². The number of anilines is 2. The van der Waals surface area contributed by atoms with Crippen molar-refractivity contribution in [2.45, 2.75) is 26.3 Å². The molecule has 2 N–H and O–H groups in total. The van der Waals surface area contributed by atoms with Gasteiger partial charge in [-0.15, -0.1) is 0 Å². The average Bonchev–Trinajstić information content (AvgIpc) is 2.89. The molecule has 0 spiro atoms. The second-order valence-electron chi connectivity index (χ2n) is 4.55. The molecule has 0 aliphatic rings. The predicted molar refractivity (Wildman–Crippen MR) is 78.0 cm³/mol. The molecule has 0 fully saturated rings. The molecule has 0 aromatic carbocycles. The Morgan fingerprint density at radius 3 is 2.89 bits per heavy atom. The van der Waals surface area contributed by atoms with E-state index < -0.39 is 0 Å². The highest BCUT2D eigenvalue weighted by Gasteiger charge is 2.16. The van der Waals surface area contributed by atoms with Gasteiger partial charge in [-0.25, -0.2) is 0 Å². The first-order chi connectivity index (χ1) is 8.63. The van der Waals surface area contributed by atoms with Gasteiger partial charge in [-0.05, 0) is 28.8 Å². The zero-order valence-electron chi connectivity index (χ0n) is 11.2. The molecule has 0 amide bonds. The van der Waals surface area contributed by atoms with Gasteiger partial charge < -0.3 is 10.6 Å². The van der Waals surface area contributed by atoms with Crippen LogP contribution >= 0.6 is 11.3 Å². The average molecular weight is 264 g/mol.